The van der Waals surface area contributed by atoms with E-state index in [0.717, 1.165) is 42.0 Å². The van der Waals surface area contributed by atoms with Gasteiger partial charge in [0.05, 0.1) is 10.7 Å². The Morgan fingerprint density at radius 3 is 3.18 bits per heavy atom. The Hall–Kier alpha value is -1.38. The Balaban J connectivity index is 1.75. The van der Waals surface area contributed by atoms with Gasteiger partial charge in [0.1, 0.15) is 0 Å². The molecule has 0 aromatic heterocycles. The highest BCUT2D eigenvalue weighted by Gasteiger charge is 2.17. The number of thiocarbonyl (C=S) groups is 1. The highest BCUT2D eigenvalue weighted by Crippen LogP contribution is 2.39. The van der Waals surface area contributed by atoms with E-state index in [4.69, 9.17) is 26.4 Å². The molecule has 1 aromatic rings. The molecule has 0 unspecified atom stereocenters. The van der Waals surface area contributed by atoms with Crippen LogP contribution in [0.1, 0.15) is 18.9 Å². The summed E-state index contributed by atoms with van der Waals surface area (Å²) in [4.78, 5) is 0. The molecule has 6 nitrogen and oxygen atoms in total. The molecule has 2 N–H and O–H groups in total. The van der Waals surface area contributed by atoms with E-state index in [9.17, 15) is 0 Å². The van der Waals surface area contributed by atoms with Crippen LogP contribution in [-0.2, 0) is 4.74 Å². The van der Waals surface area contributed by atoms with E-state index in [1.165, 1.54) is 0 Å². The van der Waals surface area contributed by atoms with Gasteiger partial charge in [-0.2, -0.15) is 5.10 Å². The Morgan fingerprint density at radius 2 is 2.36 bits per heavy atom. The van der Waals surface area contributed by atoms with Gasteiger partial charge in [0.25, 0.3) is 0 Å². The van der Waals surface area contributed by atoms with Gasteiger partial charge in [0.15, 0.2) is 16.6 Å². The third-order valence-electron chi connectivity index (χ3n) is 2.78. The Labute approximate surface area is 143 Å². The summed E-state index contributed by atoms with van der Waals surface area (Å²) in [5.41, 5.74) is 3.65. The van der Waals surface area contributed by atoms with Crippen LogP contribution in [0.25, 0.3) is 0 Å². The maximum absolute atomic E-state index is 5.35. The zero-order valence-corrected chi connectivity index (χ0v) is 14.6. The minimum Gasteiger partial charge on any atom is -0.454 e. The third-order valence-corrected chi connectivity index (χ3v) is 3.61. The molecule has 1 heterocycles. The van der Waals surface area contributed by atoms with Gasteiger partial charge < -0.3 is 19.5 Å². The maximum Gasteiger partial charge on any atom is 0.231 e. The molecule has 1 aromatic carbocycles. The minimum atomic E-state index is 0.239. The van der Waals surface area contributed by atoms with Crippen molar-refractivity contribution in [3.8, 4) is 11.5 Å². The van der Waals surface area contributed by atoms with E-state index >= 15 is 0 Å². The van der Waals surface area contributed by atoms with Gasteiger partial charge >= 0.3 is 0 Å². The predicted octanol–water partition coefficient (Wildman–Crippen LogP) is 2.40. The molecule has 0 amide bonds. The zero-order chi connectivity index (χ0) is 15.8. The molecule has 8 heteroatoms. The first-order valence-corrected chi connectivity index (χ1v) is 8.14. The van der Waals surface area contributed by atoms with Crippen LogP contribution in [0.4, 0.5) is 0 Å². The molecule has 1 aliphatic rings. The summed E-state index contributed by atoms with van der Waals surface area (Å²) in [5.74, 6) is 1.42. The molecule has 0 aliphatic carbocycles. The SMILES string of the molecule is CCOCCCNC(=S)N/N=C\c1cc(Br)c2c(c1)OCO2. The molecule has 120 valence electrons. The summed E-state index contributed by atoms with van der Waals surface area (Å²) < 4.78 is 16.8. The van der Waals surface area contributed by atoms with Crippen LogP contribution in [0.2, 0.25) is 0 Å². The second-order valence-electron chi connectivity index (χ2n) is 4.41. The highest BCUT2D eigenvalue weighted by molar-refractivity contribution is 9.10. The van der Waals surface area contributed by atoms with Crippen molar-refractivity contribution >= 4 is 39.5 Å². The van der Waals surface area contributed by atoms with Gasteiger partial charge in [0.2, 0.25) is 6.79 Å². The minimum absolute atomic E-state index is 0.239. The van der Waals surface area contributed by atoms with Crippen LogP contribution < -0.4 is 20.2 Å². The molecular weight excluding hydrogens is 370 g/mol. The van der Waals surface area contributed by atoms with Crippen LogP contribution in [0, 0.1) is 0 Å². The number of nitrogens with zero attached hydrogens (tertiary/aromatic N) is 1. The van der Waals surface area contributed by atoms with E-state index in [2.05, 4.69) is 31.8 Å². The molecule has 22 heavy (non-hydrogen) atoms. The largest absolute Gasteiger partial charge is 0.454 e. The number of nitrogens with one attached hydrogen (secondary N) is 2. The van der Waals surface area contributed by atoms with E-state index in [1.807, 2.05) is 19.1 Å². The molecule has 2 rings (SSSR count). The molecule has 0 bridgehead atoms. The van der Waals surface area contributed by atoms with Gasteiger partial charge in [-0.05, 0) is 59.2 Å². The van der Waals surface area contributed by atoms with Crippen molar-refractivity contribution in [2.24, 2.45) is 5.10 Å². The number of benzene rings is 1. The van der Waals surface area contributed by atoms with Crippen molar-refractivity contribution in [1.29, 1.82) is 0 Å². The van der Waals surface area contributed by atoms with E-state index < -0.39 is 0 Å². The van der Waals surface area contributed by atoms with E-state index in [1.54, 1.807) is 6.21 Å². The first-order valence-electron chi connectivity index (χ1n) is 6.94. The monoisotopic (exact) mass is 387 g/mol. The molecular formula is C14H18BrN3O3S. The van der Waals surface area contributed by atoms with Gasteiger partial charge in [-0.1, -0.05) is 0 Å². The topological polar surface area (TPSA) is 64.1 Å². The Morgan fingerprint density at radius 1 is 1.50 bits per heavy atom. The summed E-state index contributed by atoms with van der Waals surface area (Å²) in [7, 11) is 0. The van der Waals surface area contributed by atoms with Gasteiger partial charge in [-0.25, -0.2) is 0 Å². The number of ether oxygens (including phenoxy) is 3. The lowest BCUT2D eigenvalue weighted by Crippen LogP contribution is -2.33. The van der Waals surface area contributed by atoms with Crippen molar-refractivity contribution in [2.45, 2.75) is 13.3 Å². The van der Waals surface area contributed by atoms with Crippen molar-refractivity contribution in [3.05, 3.63) is 22.2 Å². The van der Waals surface area contributed by atoms with Crippen LogP contribution in [0.15, 0.2) is 21.7 Å². The first kappa shape index (κ1) is 17.0. The van der Waals surface area contributed by atoms with Crippen LogP contribution in [0.3, 0.4) is 0 Å². The Bertz CT molecular complexity index is 554. The number of hydrogen-bond donors (Lipinski definition) is 2. The predicted molar refractivity (Wildman–Crippen MR) is 92.7 cm³/mol. The molecule has 0 saturated carbocycles. The quantitative estimate of drug-likeness (QED) is 0.324. The maximum atomic E-state index is 5.35. The molecule has 0 spiro atoms. The summed E-state index contributed by atoms with van der Waals surface area (Å²) in [6.07, 6.45) is 2.56. The second-order valence-corrected chi connectivity index (χ2v) is 5.68. The van der Waals surface area contributed by atoms with Gasteiger partial charge in [-0.15, -0.1) is 0 Å². The summed E-state index contributed by atoms with van der Waals surface area (Å²) in [5, 5.41) is 7.63. The fourth-order valence-electron chi connectivity index (χ4n) is 1.79. The summed E-state index contributed by atoms with van der Waals surface area (Å²) in [6.45, 7) is 4.42. The fraction of sp³-hybridized carbons (Fsp3) is 0.429. The second kappa shape index (κ2) is 8.92. The van der Waals surface area contributed by atoms with Crippen molar-refractivity contribution in [3.63, 3.8) is 0 Å². The van der Waals surface area contributed by atoms with Crippen molar-refractivity contribution in [2.75, 3.05) is 26.6 Å². The van der Waals surface area contributed by atoms with Crippen LogP contribution in [-0.4, -0.2) is 37.9 Å². The standard InChI is InChI=1S/C14H18BrN3O3S/c1-2-19-5-3-4-16-14(22)18-17-8-10-6-11(15)13-12(7-10)20-9-21-13/h6-8H,2-5,9H2,1H3,(H2,16,18,22)/b17-8-. The number of hydrogen-bond acceptors (Lipinski definition) is 5. The summed E-state index contributed by atoms with van der Waals surface area (Å²) >= 11 is 8.56. The van der Waals surface area contributed by atoms with Crippen LogP contribution in [0.5, 0.6) is 11.5 Å². The van der Waals surface area contributed by atoms with Gasteiger partial charge in [-0.3, -0.25) is 5.43 Å². The average Bonchev–Trinajstić information content (AvgIpc) is 2.96. The number of hydrazone groups is 1. The molecule has 0 fully saturated rings. The average molecular weight is 388 g/mol. The Kier molecular flexibility index (Phi) is 6.88. The highest BCUT2D eigenvalue weighted by atomic mass is 79.9. The fourth-order valence-corrected chi connectivity index (χ4v) is 2.52. The third kappa shape index (κ3) is 5.11. The van der Waals surface area contributed by atoms with Crippen molar-refractivity contribution < 1.29 is 14.2 Å². The van der Waals surface area contributed by atoms with Crippen LogP contribution >= 0.6 is 28.1 Å². The zero-order valence-electron chi connectivity index (χ0n) is 12.2. The number of halogens is 1. The lowest BCUT2D eigenvalue weighted by atomic mass is 10.2. The van der Waals surface area contributed by atoms with E-state index in [0.29, 0.717) is 10.9 Å². The molecule has 0 saturated heterocycles. The molecule has 0 atom stereocenters. The lowest BCUT2D eigenvalue weighted by molar-refractivity contribution is 0.145. The number of fused-ring (bicyclic) bond motifs is 1. The first-order chi connectivity index (χ1) is 10.7. The number of rotatable bonds is 7. The van der Waals surface area contributed by atoms with E-state index in [-0.39, 0.29) is 6.79 Å². The normalized spacial score (nSPS) is 12.6. The summed E-state index contributed by atoms with van der Waals surface area (Å²) in [6, 6.07) is 3.76. The lowest BCUT2D eigenvalue weighted by Gasteiger charge is -2.06. The molecule has 1 aliphatic heterocycles. The van der Waals surface area contributed by atoms with Gasteiger partial charge in [0, 0.05) is 19.8 Å². The molecule has 0 radical (unpaired) electrons. The smallest absolute Gasteiger partial charge is 0.231 e. The van der Waals surface area contributed by atoms with Crippen molar-refractivity contribution in [1.82, 2.24) is 10.7 Å².